The van der Waals surface area contributed by atoms with Crippen LogP contribution in [-0.2, 0) is 17.8 Å². The molecule has 0 radical (unpaired) electrons. The van der Waals surface area contributed by atoms with Crippen molar-refractivity contribution in [3.05, 3.63) is 68.8 Å². The topological polar surface area (TPSA) is 89.1 Å². The van der Waals surface area contributed by atoms with Gasteiger partial charge in [-0.15, -0.1) is 4.91 Å². The van der Waals surface area contributed by atoms with Crippen molar-refractivity contribution in [2.75, 3.05) is 0 Å². The molecular formula is C22H23NO5. The number of nitroso groups, excluding NO2 is 1. The van der Waals surface area contributed by atoms with Crippen LogP contribution in [0, 0.1) is 25.7 Å². The summed E-state index contributed by atoms with van der Waals surface area (Å²) in [6.07, 6.45) is 0.438. The molecule has 0 fully saturated rings. The molecule has 1 heterocycles. The number of hydrogen-bond acceptors (Lipinski definition) is 5. The van der Waals surface area contributed by atoms with Crippen LogP contribution in [-0.4, -0.2) is 11.0 Å². The molecule has 0 saturated carbocycles. The van der Waals surface area contributed by atoms with Gasteiger partial charge in [0, 0.05) is 16.1 Å². The fourth-order valence-electron chi connectivity index (χ4n) is 3.33. The molecule has 0 saturated heterocycles. The van der Waals surface area contributed by atoms with E-state index < -0.39 is 12.0 Å². The molecule has 146 valence electrons. The van der Waals surface area contributed by atoms with Crippen molar-refractivity contribution < 1.29 is 19.1 Å². The number of hydrogen-bond donors (Lipinski definition) is 1. The van der Waals surface area contributed by atoms with Crippen LogP contribution < -0.4 is 4.74 Å². The average Bonchev–Trinajstić information content (AvgIpc) is 3.07. The predicted molar refractivity (Wildman–Crippen MR) is 106 cm³/mol. The van der Waals surface area contributed by atoms with Crippen molar-refractivity contribution in [2.24, 2.45) is 5.18 Å². The van der Waals surface area contributed by atoms with Gasteiger partial charge >= 0.3 is 0 Å². The zero-order chi connectivity index (χ0) is 20.4. The summed E-state index contributed by atoms with van der Waals surface area (Å²) >= 11 is 0. The number of nitrogens with zero attached hydrogens (tertiary/aromatic N) is 1. The fraction of sp³-hybridized carbons (Fsp3) is 0.318. The summed E-state index contributed by atoms with van der Waals surface area (Å²) in [7, 11) is 0. The minimum atomic E-state index is -0.835. The summed E-state index contributed by atoms with van der Waals surface area (Å²) in [6.45, 7) is 8.21. The van der Waals surface area contributed by atoms with E-state index >= 15 is 0 Å². The Balaban J connectivity index is 1.95. The largest absolute Gasteiger partial charge is 0.488 e. The number of benzene rings is 2. The maximum absolute atomic E-state index is 11.4. The van der Waals surface area contributed by atoms with E-state index in [1.54, 1.807) is 19.1 Å². The van der Waals surface area contributed by atoms with Crippen molar-refractivity contribution in [2.45, 2.75) is 46.8 Å². The Bertz CT molecular complexity index is 1050. The number of furan rings is 1. The molecule has 2 aromatic carbocycles. The zero-order valence-corrected chi connectivity index (χ0v) is 16.4. The predicted octanol–water partition coefficient (Wildman–Crippen LogP) is 4.83. The highest BCUT2D eigenvalue weighted by molar-refractivity contribution is 5.90. The molecule has 1 aromatic heterocycles. The molecule has 1 amide bonds. The summed E-state index contributed by atoms with van der Waals surface area (Å²) in [5.74, 6) is -0.257. The second-order valence-electron chi connectivity index (χ2n) is 7.03. The number of fused-ring (bicyclic) bond motifs is 1. The molecule has 0 aliphatic heterocycles. The van der Waals surface area contributed by atoms with Gasteiger partial charge in [0.1, 0.15) is 17.9 Å². The lowest BCUT2D eigenvalue weighted by atomic mass is 9.99. The van der Waals surface area contributed by atoms with E-state index in [-0.39, 0.29) is 6.42 Å². The van der Waals surface area contributed by atoms with Crippen LogP contribution in [0.2, 0.25) is 0 Å². The first-order chi connectivity index (χ1) is 13.3. The maximum Gasteiger partial charge on any atom is 0.290 e. The second-order valence-corrected chi connectivity index (χ2v) is 7.03. The molecule has 1 unspecified atom stereocenters. The Hall–Kier alpha value is -2.99. The van der Waals surface area contributed by atoms with Gasteiger partial charge in [-0.25, -0.2) is 0 Å². The molecule has 6 nitrogen and oxygen atoms in total. The summed E-state index contributed by atoms with van der Waals surface area (Å²) < 4.78 is 11.6. The van der Waals surface area contributed by atoms with Crippen LogP contribution in [0.15, 0.2) is 40.1 Å². The SMILES string of the molecule is Cc1ccc(COc2ccc3c(CC(=O)N=O)coc3c2C(C)O)c(C)c1C. The van der Waals surface area contributed by atoms with Crippen molar-refractivity contribution >= 4 is 16.9 Å². The Morgan fingerprint density at radius 1 is 1.14 bits per heavy atom. The first-order valence-corrected chi connectivity index (χ1v) is 9.09. The highest BCUT2D eigenvalue weighted by atomic mass is 16.5. The lowest BCUT2D eigenvalue weighted by molar-refractivity contribution is -0.117. The van der Waals surface area contributed by atoms with Gasteiger partial charge in [-0.05, 0) is 62.1 Å². The summed E-state index contributed by atoms with van der Waals surface area (Å²) in [5, 5.41) is 13.4. The van der Waals surface area contributed by atoms with E-state index in [9.17, 15) is 14.8 Å². The van der Waals surface area contributed by atoms with Crippen molar-refractivity contribution in [1.82, 2.24) is 0 Å². The molecule has 6 heteroatoms. The van der Waals surface area contributed by atoms with Crippen LogP contribution in [0.3, 0.4) is 0 Å². The Morgan fingerprint density at radius 3 is 2.57 bits per heavy atom. The first kappa shape index (κ1) is 19.8. The number of carbonyl (C=O) groups excluding carboxylic acids is 1. The number of aryl methyl sites for hydroxylation is 1. The van der Waals surface area contributed by atoms with Gasteiger partial charge in [-0.3, -0.25) is 4.79 Å². The molecule has 1 N–H and O–H groups in total. The van der Waals surface area contributed by atoms with E-state index in [1.165, 1.54) is 23.0 Å². The standard InChI is InChI=1S/C22H23NO5/c1-12-5-6-16(14(3)13(12)2)10-27-19-8-7-18-17(9-20(25)23-26)11-28-22(18)21(19)15(4)24/h5-8,11,15,24H,9-10H2,1-4H3. The first-order valence-electron chi connectivity index (χ1n) is 9.09. The smallest absolute Gasteiger partial charge is 0.290 e. The molecular weight excluding hydrogens is 358 g/mol. The molecule has 3 rings (SSSR count). The normalized spacial score (nSPS) is 12.2. The van der Waals surface area contributed by atoms with Crippen LogP contribution in [0.5, 0.6) is 5.75 Å². The van der Waals surface area contributed by atoms with Crippen molar-refractivity contribution in [3.63, 3.8) is 0 Å². The molecule has 0 bridgehead atoms. The number of amides is 1. The van der Waals surface area contributed by atoms with Gasteiger partial charge in [0.05, 0.1) is 24.4 Å². The van der Waals surface area contributed by atoms with Gasteiger partial charge < -0.3 is 14.3 Å². The Morgan fingerprint density at radius 2 is 1.89 bits per heavy atom. The Labute approximate surface area is 163 Å². The number of ether oxygens (including phenoxy) is 1. The van der Waals surface area contributed by atoms with Gasteiger partial charge in [-0.1, -0.05) is 12.1 Å². The van der Waals surface area contributed by atoms with Crippen LogP contribution in [0.1, 0.15) is 46.4 Å². The minimum Gasteiger partial charge on any atom is -0.488 e. The van der Waals surface area contributed by atoms with Crippen LogP contribution in [0.25, 0.3) is 11.0 Å². The minimum absolute atomic E-state index is 0.141. The quantitative estimate of drug-likeness (QED) is 0.618. The van der Waals surface area contributed by atoms with Gasteiger partial charge in [0.25, 0.3) is 5.91 Å². The molecule has 0 spiro atoms. The summed E-state index contributed by atoms with van der Waals surface area (Å²) in [4.78, 5) is 21.8. The second kappa shape index (κ2) is 7.94. The van der Waals surface area contributed by atoms with E-state index in [2.05, 4.69) is 32.0 Å². The number of rotatable bonds is 6. The molecule has 0 aliphatic rings. The highest BCUT2D eigenvalue weighted by Crippen LogP contribution is 2.36. The number of aliphatic hydroxyl groups excluding tert-OH is 1. The third-order valence-electron chi connectivity index (χ3n) is 5.24. The number of carbonyl (C=O) groups is 1. The highest BCUT2D eigenvalue weighted by Gasteiger charge is 2.20. The van der Waals surface area contributed by atoms with Crippen molar-refractivity contribution in [3.8, 4) is 5.75 Å². The summed E-state index contributed by atoms with van der Waals surface area (Å²) in [6, 6.07) is 7.62. The van der Waals surface area contributed by atoms with E-state index in [4.69, 9.17) is 9.15 Å². The van der Waals surface area contributed by atoms with Gasteiger partial charge in [0.15, 0.2) is 0 Å². The van der Waals surface area contributed by atoms with E-state index in [0.717, 1.165) is 5.56 Å². The molecule has 1 atom stereocenters. The Kier molecular flexibility index (Phi) is 5.61. The monoisotopic (exact) mass is 381 g/mol. The lowest BCUT2D eigenvalue weighted by Crippen LogP contribution is -2.04. The summed E-state index contributed by atoms with van der Waals surface area (Å²) in [5.41, 5.74) is 6.22. The van der Waals surface area contributed by atoms with E-state index in [1.807, 2.05) is 6.07 Å². The van der Waals surface area contributed by atoms with Gasteiger partial charge in [-0.2, -0.15) is 0 Å². The van der Waals surface area contributed by atoms with Crippen LogP contribution >= 0.6 is 0 Å². The third-order valence-corrected chi connectivity index (χ3v) is 5.24. The van der Waals surface area contributed by atoms with Crippen LogP contribution in [0.4, 0.5) is 0 Å². The zero-order valence-electron chi connectivity index (χ0n) is 16.4. The van der Waals surface area contributed by atoms with E-state index in [0.29, 0.717) is 34.5 Å². The third kappa shape index (κ3) is 3.68. The molecule has 0 aliphatic carbocycles. The molecule has 28 heavy (non-hydrogen) atoms. The fourth-order valence-corrected chi connectivity index (χ4v) is 3.33. The van der Waals surface area contributed by atoms with Gasteiger partial charge in [0.2, 0.25) is 0 Å². The average molecular weight is 381 g/mol. The lowest BCUT2D eigenvalue weighted by Gasteiger charge is -2.16. The molecule has 3 aromatic rings. The maximum atomic E-state index is 11.4. The number of aliphatic hydroxyl groups is 1. The van der Waals surface area contributed by atoms with Crippen molar-refractivity contribution in [1.29, 1.82) is 0 Å².